The van der Waals surface area contributed by atoms with Crippen LogP contribution in [0.15, 0.2) is 30.3 Å². The molecule has 0 bridgehead atoms. The van der Waals surface area contributed by atoms with Gasteiger partial charge < -0.3 is 10.0 Å². The first-order chi connectivity index (χ1) is 10.3. The van der Waals surface area contributed by atoms with E-state index < -0.39 is 0 Å². The zero-order valence-electron chi connectivity index (χ0n) is 13.1. The zero-order chi connectivity index (χ0) is 14.7. The number of piperazine rings is 1. The summed E-state index contributed by atoms with van der Waals surface area (Å²) in [7, 11) is 0. The molecule has 3 heteroatoms. The highest BCUT2D eigenvalue weighted by Gasteiger charge is 2.30. The van der Waals surface area contributed by atoms with Gasteiger partial charge in [-0.3, -0.25) is 4.90 Å². The van der Waals surface area contributed by atoms with E-state index in [0.29, 0.717) is 0 Å². The van der Waals surface area contributed by atoms with Gasteiger partial charge in [0, 0.05) is 38.8 Å². The van der Waals surface area contributed by atoms with Crippen LogP contribution in [0.5, 0.6) is 0 Å². The molecule has 1 aromatic rings. The number of benzene rings is 1. The molecule has 1 saturated carbocycles. The van der Waals surface area contributed by atoms with Gasteiger partial charge in [0.15, 0.2) is 0 Å². The Morgan fingerprint density at radius 1 is 1.10 bits per heavy atom. The lowest BCUT2D eigenvalue weighted by atomic mass is 9.98. The van der Waals surface area contributed by atoms with Gasteiger partial charge in [0.1, 0.15) is 0 Å². The predicted octanol–water partition coefficient (Wildman–Crippen LogP) is 2.53. The molecule has 1 aliphatic heterocycles. The maximum Gasteiger partial charge on any atom is 0.0945 e. The van der Waals surface area contributed by atoms with Crippen LogP contribution in [0, 0.1) is 5.92 Å². The molecule has 2 unspecified atom stereocenters. The number of hydrogen-bond acceptors (Lipinski definition) is 3. The van der Waals surface area contributed by atoms with Gasteiger partial charge in [0.2, 0.25) is 0 Å². The van der Waals surface area contributed by atoms with Gasteiger partial charge in [-0.25, -0.2) is 0 Å². The van der Waals surface area contributed by atoms with Gasteiger partial charge in [-0.05, 0) is 30.7 Å². The van der Waals surface area contributed by atoms with Gasteiger partial charge in [-0.15, -0.1) is 0 Å². The third-order valence-corrected chi connectivity index (χ3v) is 5.01. The molecule has 0 aromatic heterocycles. The third kappa shape index (κ3) is 3.85. The molecule has 2 fully saturated rings. The van der Waals surface area contributed by atoms with E-state index in [9.17, 15) is 5.11 Å². The van der Waals surface area contributed by atoms with Crippen molar-refractivity contribution >= 4 is 0 Å². The molecule has 2 atom stereocenters. The molecule has 2 aliphatic rings. The van der Waals surface area contributed by atoms with Crippen LogP contribution < -0.4 is 0 Å². The summed E-state index contributed by atoms with van der Waals surface area (Å²) in [5.74, 6) is 0.980. The van der Waals surface area contributed by atoms with Crippen molar-refractivity contribution < 1.29 is 5.11 Å². The molecule has 116 valence electrons. The molecular weight excluding hydrogens is 260 g/mol. The van der Waals surface area contributed by atoms with Crippen LogP contribution in [-0.2, 0) is 0 Å². The lowest BCUT2D eigenvalue weighted by Gasteiger charge is -2.41. The third-order valence-electron chi connectivity index (χ3n) is 5.01. The quantitative estimate of drug-likeness (QED) is 0.871. The fourth-order valence-electron chi connectivity index (χ4n) is 3.50. The second-order valence-electron chi connectivity index (χ2n) is 6.61. The Morgan fingerprint density at radius 2 is 1.76 bits per heavy atom. The fraction of sp³-hybridized carbons (Fsp3) is 0.667. The largest absolute Gasteiger partial charge is 0.387 e. The SMILES string of the molecule is CCC(C(O)c1ccccc1)N1CCN(CC2CC2)CC1. The van der Waals surface area contributed by atoms with E-state index in [4.69, 9.17) is 0 Å². The normalized spacial score (nSPS) is 23.9. The molecule has 1 N–H and O–H groups in total. The van der Waals surface area contributed by atoms with Crippen LogP contribution in [-0.4, -0.2) is 53.7 Å². The number of nitrogens with zero attached hydrogens (tertiary/aromatic N) is 2. The van der Waals surface area contributed by atoms with Gasteiger partial charge in [0.05, 0.1) is 6.10 Å². The molecule has 1 aliphatic carbocycles. The van der Waals surface area contributed by atoms with Gasteiger partial charge in [-0.1, -0.05) is 37.3 Å². The highest BCUT2D eigenvalue weighted by Crippen LogP contribution is 2.30. The summed E-state index contributed by atoms with van der Waals surface area (Å²) in [4.78, 5) is 5.09. The molecule has 0 radical (unpaired) electrons. The minimum Gasteiger partial charge on any atom is -0.387 e. The summed E-state index contributed by atoms with van der Waals surface area (Å²) in [6, 6.07) is 10.4. The van der Waals surface area contributed by atoms with Crippen LogP contribution in [0.3, 0.4) is 0 Å². The van der Waals surface area contributed by atoms with Crippen molar-refractivity contribution in [2.24, 2.45) is 5.92 Å². The van der Waals surface area contributed by atoms with E-state index in [-0.39, 0.29) is 12.1 Å². The van der Waals surface area contributed by atoms with Gasteiger partial charge in [-0.2, -0.15) is 0 Å². The summed E-state index contributed by atoms with van der Waals surface area (Å²) in [6.45, 7) is 7.99. The summed E-state index contributed by atoms with van der Waals surface area (Å²) in [6.07, 6.45) is 3.50. The molecule has 3 rings (SSSR count). The van der Waals surface area contributed by atoms with Crippen molar-refractivity contribution in [3.63, 3.8) is 0 Å². The standard InChI is InChI=1S/C18H28N2O/c1-2-17(18(21)16-6-4-3-5-7-16)20-12-10-19(11-13-20)14-15-8-9-15/h3-7,15,17-18,21H,2,8-14H2,1H3. The van der Waals surface area contributed by atoms with Crippen LogP contribution >= 0.6 is 0 Å². The number of rotatable bonds is 6. The Kier molecular flexibility index (Phi) is 4.94. The molecular formula is C18H28N2O. The average Bonchev–Trinajstić information content (AvgIpc) is 3.34. The molecule has 21 heavy (non-hydrogen) atoms. The Balaban J connectivity index is 1.56. The first-order valence-electron chi connectivity index (χ1n) is 8.47. The minimum absolute atomic E-state index is 0.246. The topological polar surface area (TPSA) is 26.7 Å². The second kappa shape index (κ2) is 6.91. The summed E-state index contributed by atoms with van der Waals surface area (Å²) < 4.78 is 0. The van der Waals surface area contributed by atoms with E-state index in [1.165, 1.54) is 19.4 Å². The predicted molar refractivity (Wildman–Crippen MR) is 86.2 cm³/mol. The Hall–Kier alpha value is -0.900. The Bertz CT molecular complexity index is 424. The van der Waals surface area contributed by atoms with Crippen molar-refractivity contribution in [2.75, 3.05) is 32.7 Å². The first-order valence-corrected chi connectivity index (χ1v) is 8.47. The molecule has 3 nitrogen and oxygen atoms in total. The molecule has 0 amide bonds. The number of aliphatic hydroxyl groups is 1. The summed E-state index contributed by atoms with van der Waals surface area (Å²) in [5.41, 5.74) is 1.05. The van der Waals surface area contributed by atoms with E-state index in [0.717, 1.165) is 44.1 Å². The second-order valence-corrected chi connectivity index (χ2v) is 6.61. The smallest absolute Gasteiger partial charge is 0.0945 e. The first kappa shape index (κ1) is 15.0. The van der Waals surface area contributed by atoms with Crippen LogP contribution in [0.1, 0.15) is 37.9 Å². The average molecular weight is 288 g/mol. The maximum atomic E-state index is 10.7. The number of hydrogen-bond donors (Lipinski definition) is 1. The lowest BCUT2D eigenvalue weighted by molar-refractivity contribution is 0.0151. The maximum absolute atomic E-state index is 10.7. The Morgan fingerprint density at radius 3 is 2.33 bits per heavy atom. The van der Waals surface area contributed by atoms with E-state index >= 15 is 0 Å². The monoisotopic (exact) mass is 288 g/mol. The van der Waals surface area contributed by atoms with Crippen molar-refractivity contribution in [2.45, 2.75) is 38.3 Å². The van der Waals surface area contributed by atoms with Crippen molar-refractivity contribution in [3.05, 3.63) is 35.9 Å². The molecule has 1 aromatic carbocycles. The van der Waals surface area contributed by atoms with Gasteiger partial charge >= 0.3 is 0 Å². The van der Waals surface area contributed by atoms with Crippen molar-refractivity contribution in [1.29, 1.82) is 0 Å². The lowest BCUT2D eigenvalue weighted by Crippen LogP contribution is -2.52. The Labute approximate surface area is 128 Å². The van der Waals surface area contributed by atoms with Crippen molar-refractivity contribution in [1.82, 2.24) is 9.80 Å². The van der Waals surface area contributed by atoms with Crippen LogP contribution in [0.2, 0.25) is 0 Å². The highest BCUT2D eigenvalue weighted by atomic mass is 16.3. The number of aliphatic hydroxyl groups excluding tert-OH is 1. The van der Waals surface area contributed by atoms with E-state index in [1.54, 1.807) is 0 Å². The molecule has 1 heterocycles. The highest BCUT2D eigenvalue weighted by molar-refractivity contribution is 5.19. The zero-order valence-corrected chi connectivity index (χ0v) is 13.1. The summed E-state index contributed by atoms with van der Waals surface area (Å²) in [5, 5.41) is 10.7. The minimum atomic E-state index is -0.369. The van der Waals surface area contributed by atoms with Crippen molar-refractivity contribution in [3.8, 4) is 0 Å². The fourth-order valence-corrected chi connectivity index (χ4v) is 3.50. The van der Waals surface area contributed by atoms with Gasteiger partial charge in [0.25, 0.3) is 0 Å². The van der Waals surface area contributed by atoms with E-state index in [1.807, 2.05) is 30.3 Å². The van der Waals surface area contributed by atoms with Crippen LogP contribution in [0.4, 0.5) is 0 Å². The van der Waals surface area contributed by atoms with E-state index in [2.05, 4.69) is 16.7 Å². The van der Waals surface area contributed by atoms with Crippen LogP contribution in [0.25, 0.3) is 0 Å². The summed E-state index contributed by atoms with van der Waals surface area (Å²) >= 11 is 0. The molecule has 1 saturated heterocycles. The molecule has 0 spiro atoms.